The van der Waals surface area contributed by atoms with Crippen molar-refractivity contribution in [3.05, 3.63) is 39.4 Å². The summed E-state index contributed by atoms with van der Waals surface area (Å²) in [5.74, 6) is 1.37. The van der Waals surface area contributed by atoms with Gasteiger partial charge in [-0.3, -0.25) is 14.2 Å². The van der Waals surface area contributed by atoms with Crippen LogP contribution < -0.4 is 10.9 Å². The molecule has 1 aromatic carbocycles. The first-order chi connectivity index (χ1) is 11.6. The van der Waals surface area contributed by atoms with E-state index < -0.39 is 0 Å². The smallest absolute Gasteiger partial charge is 0.262 e. The van der Waals surface area contributed by atoms with E-state index in [1.807, 2.05) is 18.2 Å². The average Bonchev–Trinajstić information content (AvgIpc) is 3.46. The highest BCUT2D eigenvalue weighted by Gasteiger charge is 2.42. The van der Waals surface area contributed by atoms with Crippen molar-refractivity contribution >= 4 is 29.0 Å². The van der Waals surface area contributed by atoms with E-state index in [0.717, 1.165) is 5.52 Å². The molecule has 5 nitrogen and oxygen atoms in total. The third kappa shape index (κ3) is 3.15. The zero-order chi connectivity index (χ0) is 16.7. The van der Waals surface area contributed by atoms with Crippen LogP contribution in [-0.4, -0.2) is 21.5 Å². The number of nitrogens with zero attached hydrogens (tertiary/aromatic N) is 1. The first-order valence-corrected chi connectivity index (χ1v) is 9.05. The monoisotopic (exact) mass is 343 g/mol. The summed E-state index contributed by atoms with van der Waals surface area (Å²) in [7, 11) is 0. The van der Waals surface area contributed by atoms with E-state index in [-0.39, 0.29) is 17.9 Å². The fourth-order valence-electron chi connectivity index (χ4n) is 3.40. The molecule has 0 aliphatic heterocycles. The van der Waals surface area contributed by atoms with Crippen molar-refractivity contribution in [3.8, 4) is 0 Å². The summed E-state index contributed by atoms with van der Waals surface area (Å²) in [6.07, 6.45) is 5.22. The molecule has 24 heavy (non-hydrogen) atoms. The van der Waals surface area contributed by atoms with E-state index in [0.29, 0.717) is 34.6 Å². The van der Waals surface area contributed by atoms with Gasteiger partial charge in [0.25, 0.3) is 5.56 Å². The largest absolute Gasteiger partial charge is 0.353 e. The molecule has 0 atom stereocenters. The first kappa shape index (κ1) is 15.6. The number of carbonyl (C=O) groups is 1. The lowest BCUT2D eigenvalue weighted by molar-refractivity contribution is -0.122. The molecule has 0 radical (unpaired) electrons. The summed E-state index contributed by atoms with van der Waals surface area (Å²) in [4.78, 5) is 27.9. The van der Waals surface area contributed by atoms with Crippen LogP contribution in [-0.2, 0) is 11.3 Å². The number of carbonyl (C=O) groups excluding carboxylic acids is 1. The van der Waals surface area contributed by atoms with E-state index in [1.165, 1.54) is 30.3 Å². The van der Waals surface area contributed by atoms with Crippen LogP contribution in [0.3, 0.4) is 0 Å². The standard InChI is InChI=1S/C18H21N3O2S/c22-15(20-16(11-5-6-11)12-7-8-12)9-10-21-17(23)13-3-1-2-4-14(13)19-18(21)24/h1-4,11-12,16H,5-10H2,(H,19,24)(H,20,22). The Morgan fingerprint density at radius 1 is 1.25 bits per heavy atom. The minimum atomic E-state index is -0.136. The normalized spacial score (nSPS) is 17.4. The predicted molar refractivity (Wildman–Crippen MR) is 95.4 cm³/mol. The van der Waals surface area contributed by atoms with Gasteiger partial charge in [-0.15, -0.1) is 0 Å². The van der Waals surface area contributed by atoms with Gasteiger partial charge in [-0.2, -0.15) is 0 Å². The van der Waals surface area contributed by atoms with Crippen LogP contribution in [0.1, 0.15) is 32.1 Å². The Labute approximate surface area is 145 Å². The second-order valence-corrected chi connectivity index (χ2v) is 7.34. The number of benzene rings is 1. The molecule has 2 N–H and O–H groups in total. The van der Waals surface area contributed by atoms with Gasteiger partial charge in [0.1, 0.15) is 0 Å². The Bertz CT molecular complexity index is 881. The molecule has 6 heteroatoms. The van der Waals surface area contributed by atoms with E-state index in [4.69, 9.17) is 12.2 Å². The quantitative estimate of drug-likeness (QED) is 0.793. The number of hydrogen-bond acceptors (Lipinski definition) is 3. The number of amides is 1. The van der Waals surface area contributed by atoms with Crippen molar-refractivity contribution < 1.29 is 4.79 Å². The zero-order valence-corrected chi connectivity index (χ0v) is 14.3. The van der Waals surface area contributed by atoms with Crippen molar-refractivity contribution in [1.82, 2.24) is 14.9 Å². The van der Waals surface area contributed by atoms with Crippen LogP contribution in [0.2, 0.25) is 0 Å². The van der Waals surface area contributed by atoms with E-state index in [9.17, 15) is 9.59 Å². The van der Waals surface area contributed by atoms with E-state index in [2.05, 4.69) is 10.3 Å². The van der Waals surface area contributed by atoms with E-state index in [1.54, 1.807) is 6.07 Å². The third-order valence-electron chi connectivity index (χ3n) is 5.04. The minimum Gasteiger partial charge on any atom is -0.353 e. The molecule has 4 rings (SSSR count). The van der Waals surface area contributed by atoms with Crippen molar-refractivity contribution in [3.63, 3.8) is 0 Å². The summed E-state index contributed by atoms with van der Waals surface area (Å²) in [5.41, 5.74) is 0.596. The van der Waals surface area contributed by atoms with Gasteiger partial charge in [0.2, 0.25) is 5.91 Å². The summed E-state index contributed by atoms with van der Waals surface area (Å²) in [5, 5.41) is 3.79. The lowest BCUT2D eigenvalue weighted by atomic mass is 10.1. The van der Waals surface area contributed by atoms with Crippen LogP contribution in [0, 0.1) is 16.6 Å². The SMILES string of the molecule is O=C(CCn1c(=S)[nH]c2ccccc2c1=O)NC(C1CC1)C1CC1. The Hall–Kier alpha value is -1.95. The third-order valence-corrected chi connectivity index (χ3v) is 5.36. The molecule has 1 aromatic heterocycles. The highest BCUT2D eigenvalue weighted by Crippen LogP contribution is 2.44. The fraction of sp³-hybridized carbons (Fsp3) is 0.500. The number of rotatable bonds is 6. The molecule has 2 aliphatic rings. The van der Waals surface area contributed by atoms with Gasteiger partial charge in [-0.1, -0.05) is 12.1 Å². The molecule has 2 aliphatic carbocycles. The summed E-state index contributed by atoms with van der Waals surface area (Å²) in [6, 6.07) is 7.64. The molecular weight excluding hydrogens is 322 g/mol. The van der Waals surface area contributed by atoms with Crippen LogP contribution in [0.5, 0.6) is 0 Å². The molecule has 1 heterocycles. The molecule has 2 fully saturated rings. The molecule has 0 unspecified atom stereocenters. The Balaban J connectivity index is 1.47. The van der Waals surface area contributed by atoms with Gasteiger partial charge in [-0.25, -0.2) is 0 Å². The van der Waals surface area contributed by atoms with Crippen LogP contribution >= 0.6 is 12.2 Å². The van der Waals surface area contributed by atoms with Gasteiger partial charge >= 0.3 is 0 Å². The highest BCUT2D eigenvalue weighted by molar-refractivity contribution is 7.71. The minimum absolute atomic E-state index is 0.0215. The summed E-state index contributed by atoms with van der Waals surface area (Å²) < 4.78 is 1.85. The molecule has 0 bridgehead atoms. The van der Waals surface area contributed by atoms with Gasteiger partial charge in [0.15, 0.2) is 4.77 Å². The molecule has 1 amide bonds. The van der Waals surface area contributed by atoms with Crippen molar-refractivity contribution in [2.45, 2.75) is 44.7 Å². The number of fused-ring (bicyclic) bond motifs is 1. The van der Waals surface area contributed by atoms with Crippen molar-refractivity contribution in [2.24, 2.45) is 11.8 Å². The number of hydrogen-bond donors (Lipinski definition) is 2. The second kappa shape index (κ2) is 6.16. The predicted octanol–water partition coefficient (Wildman–Crippen LogP) is 2.75. The van der Waals surface area contributed by atoms with Gasteiger partial charge in [-0.05, 0) is 61.9 Å². The molecular formula is C18H21N3O2S. The van der Waals surface area contributed by atoms with Crippen LogP contribution in [0.15, 0.2) is 29.1 Å². The molecule has 2 saturated carbocycles. The zero-order valence-electron chi connectivity index (χ0n) is 13.5. The second-order valence-electron chi connectivity index (χ2n) is 6.95. The van der Waals surface area contributed by atoms with Crippen LogP contribution in [0.4, 0.5) is 0 Å². The lowest BCUT2D eigenvalue weighted by Gasteiger charge is -2.17. The molecule has 126 valence electrons. The summed E-state index contributed by atoms with van der Waals surface area (Å²) in [6.45, 7) is 0.312. The maximum atomic E-state index is 12.6. The number of H-pyrrole nitrogens is 1. The Morgan fingerprint density at radius 3 is 2.58 bits per heavy atom. The topological polar surface area (TPSA) is 66.9 Å². The first-order valence-electron chi connectivity index (χ1n) is 8.65. The average molecular weight is 343 g/mol. The van der Waals surface area contributed by atoms with Gasteiger partial charge in [0, 0.05) is 19.0 Å². The fourth-order valence-corrected chi connectivity index (χ4v) is 3.69. The number of para-hydroxylation sites is 1. The molecule has 0 spiro atoms. The maximum Gasteiger partial charge on any atom is 0.262 e. The van der Waals surface area contributed by atoms with Crippen molar-refractivity contribution in [2.75, 3.05) is 0 Å². The number of nitrogens with one attached hydrogen (secondary N) is 2. The van der Waals surface area contributed by atoms with Crippen molar-refractivity contribution in [1.29, 1.82) is 0 Å². The van der Waals surface area contributed by atoms with Gasteiger partial charge < -0.3 is 10.3 Å². The lowest BCUT2D eigenvalue weighted by Crippen LogP contribution is -2.38. The Kier molecular flexibility index (Phi) is 4.00. The molecule has 2 aromatic rings. The maximum absolute atomic E-state index is 12.6. The number of aromatic nitrogens is 2. The number of aromatic amines is 1. The van der Waals surface area contributed by atoms with Gasteiger partial charge in [0.05, 0.1) is 10.9 Å². The highest BCUT2D eigenvalue weighted by atomic mass is 32.1. The summed E-state index contributed by atoms with van der Waals surface area (Å²) >= 11 is 5.29. The Morgan fingerprint density at radius 2 is 1.92 bits per heavy atom. The van der Waals surface area contributed by atoms with E-state index >= 15 is 0 Å². The van der Waals surface area contributed by atoms with Crippen LogP contribution in [0.25, 0.3) is 10.9 Å². The molecule has 0 saturated heterocycles.